The Bertz CT molecular complexity index is 353. The van der Waals surface area contributed by atoms with E-state index < -0.39 is 0 Å². The zero-order valence-electron chi connectivity index (χ0n) is 10.6. The molecule has 17 heavy (non-hydrogen) atoms. The molecule has 3 nitrogen and oxygen atoms in total. The molecule has 1 aliphatic heterocycles. The van der Waals surface area contributed by atoms with Crippen LogP contribution >= 0.6 is 0 Å². The van der Waals surface area contributed by atoms with E-state index in [1.165, 1.54) is 5.56 Å². The van der Waals surface area contributed by atoms with Crippen molar-refractivity contribution in [2.24, 2.45) is 0 Å². The summed E-state index contributed by atoms with van der Waals surface area (Å²) in [6, 6.07) is 7.54. The van der Waals surface area contributed by atoms with Crippen molar-refractivity contribution in [1.82, 2.24) is 4.90 Å². The van der Waals surface area contributed by atoms with Gasteiger partial charge in [0.1, 0.15) is 5.75 Å². The molecule has 0 radical (unpaired) electrons. The highest BCUT2D eigenvalue weighted by Gasteiger charge is 2.24. The van der Waals surface area contributed by atoms with Crippen LogP contribution in [-0.2, 0) is 10.2 Å². The van der Waals surface area contributed by atoms with Gasteiger partial charge in [0.05, 0.1) is 13.2 Å². The summed E-state index contributed by atoms with van der Waals surface area (Å²) in [5, 5.41) is 9.32. The maximum Gasteiger partial charge on any atom is 0.115 e. The van der Waals surface area contributed by atoms with Crippen molar-refractivity contribution < 1.29 is 9.84 Å². The van der Waals surface area contributed by atoms with Gasteiger partial charge in [-0.3, -0.25) is 4.90 Å². The number of benzene rings is 1. The molecule has 2 rings (SSSR count). The molecule has 1 fully saturated rings. The molecule has 0 bridgehead atoms. The molecule has 3 heteroatoms. The van der Waals surface area contributed by atoms with E-state index in [0.29, 0.717) is 5.75 Å². The quantitative estimate of drug-likeness (QED) is 0.870. The molecule has 1 N–H and O–H groups in total. The molecule has 1 aromatic rings. The molecular weight excluding hydrogens is 214 g/mol. The SMILES string of the molecule is CC(C)(CN1CCOCC1)c1ccc(O)cc1. The third-order valence-electron chi connectivity index (χ3n) is 3.37. The molecule has 0 aliphatic carbocycles. The average molecular weight is 235 g/mol. The van der Waals surface area contributed by atoms with Gasteiger partial charge in [0.15, 0.2) is 0 Å². The number of aromatic hydroxyl groups is 1. The van der Waals surface area contributed by atoms with Crippen molar-refractivity contribution in [2.45, 2.75) is 19.3 Å². The number of rotatable bonds is 3. The van der Waals surface area contributed by atoms with Crippen molar-refractivity contribution >= 4 is 0 Å². The van der Waals surface area contributed by atoms with Crippen molar-refractivity contribution in [1.29, 1.82) is 0 Å². The van der Waals surface area contributed by atoms with Crippen LogP contribution in [0.25, 0.3) is 0 Å². The Morgan fingerprint density at radius 1 is 1.18 bits per heavy atom. The summed E-state index contributed by atoms with van der Waals surface area (Å²) in [5.41, 5.74) is 1.37. The first kappa shape index (κ1) is 12.4. The number of hydrogen-bond acceptors (Lipinski definition) is 3. The maximum absolute atomic E-state index is 9.32. The van der Waals surface area contributed by atoms with Crippen LogP contribution in [0.5, 0.6) is 5.75 Å². The number of morpholine rings is 1. The van der Waals surface area contributed by atoms with E-state index in [9.17, 15) is 5.11 Å². The first-order valence-electron chi connectivity index (χ1n) is 6.17. The van der Waals surface area contributed by atoms with Crippen LogP contribution in [0, 0.1) is 0 Å². The molecule has 0 unspecified atom stereocenters. The summed E-state index contributed by atoms with van der Waals surface area (Å²) in [6.07, 6.45) is 0. The zero-order valence-corrected chi connectivity index (χ0v) is 10.6. The van der Waals surface area contributed by atoms with Crippen LogP contribution in [0.2, 0.25) is 0 Å². The van der Waals surface area contributed by atoms with Crippen LogP contribution in [0.4, 0.5) is 0 Å². The molecule has 94 valence electrons. The Kier molecular flexibility index (Phi) is 3.69. The first-order chi connectivity index (χ1) is 8.08. The highest BCUT2D eigenvalue weighted by Crippen LogP contribution is 2.26. The fourth-order valence-electron chi connectivity index (χ4n) is 2.32. The summed E-state index contributed by atoms with van der Waals surface area (Å²) in [7, 11) is 0. The van der Waals surface area contributed by atoms with Gasteiger partial charge in [0.25, 0.3) is 0 Å². The third kappa shape index (κ3) is 3.20. The fraction of sp³-hybridized carbons (Fsp3) is 0.571. The summed E-state index contributed by atoms with van der Waals surface area (Å²) >= 11 is 0. The number of phenolic OH excluding ortho intramolecular Hbond substituents is 1. The van der Waals surface area contributed by atoms with Gasteiger partial charge >= 0.3 is 0 Å². The molecule has 0 saturated carbocycles. The Morgan fingerprint density at radius 3 is 2.35 bits per heavy atom. The number of nitrogens with zero attached hydrogens (tertiary/aromatic N) is 1. The van der Waals surface area contributed by atoms with E-state index in [2.05, 4.69) is 18.7 Å². The van der Waals surface area contributed by atoms with Crippen LogP contribution in [0.1, 0.15) is 19.4 Å². The number of hydrogen-bond donors (Lipinski definition) is 1. The summed E-state index contributed by atoms with van der Waals surface area (Å²) in [6.45, 7) is 9.23. The Hall–Kier alpha value is -1.06. The van der Waals surface area contributed by atoms with Gasteiger partial charge in [-0.25, -0.2) is 0 Å². The predicted octanol–water partition coefficient (Wildman–Crippen LogP) is 2.00. The average Bonchev–Trinajstić information content (AvgIpc) is 2.30. The van der Waals surface area contributed by atoms with E-state index in [1.807, 2.05) is 12.1 Å². The maximum atomic E-state index is 9.32. The molecule has 0 atom stereocenters. The van der Waals surface area contributed by atoms with Crippen LogP contribution in [0.15, 0.2) is 24.3 Å². The minimum Gasteiger partial charge on any atom is -0.508 e. The number of phenols is 1. The molecule has 1 saturated heterocycles. The van der Waals surface area contributed by atoms with Gasteiger partial charge in [-0.1, -0.05) is 26.0 Å². The normalized spacial score (nSPS) is 18.2. The highest BCUT2D eigenvalue weighted by molar-refractivity contribution is 5.30. The van der Waals surface area contributed by atoms with Crippen molar-refractivity contribution in [3.05, 3.63) is 29.8 Å². The second-order valence-electron chi connectivity index (χ2n) is 5.32. The third-order valence-corrected chi connectivity index (χ3v) is 3.37. The lowest BCUT2D eigenvalue weighted by Gasteiger charge is -2.35. The van der Waals surface area contributed by atoms with Crippen LogP contribution in [0.3, 0.4) is 0 Å². The highest BCUT2D eigenvalue weighted by atomic mass is 16.5. The Balaban J connectivity index is 2.04. The first-order valence-corrected chi connectivity index (χ1v) is 6.17. The zero-order chi connectivity index (χ0) is 12.3. The van der Waals surface area contributed by atoms with E-state index >= 15 is 0 Å². The summed E-state index contributed by atoms with van der Waals surface area (Å²) in [4.78, 5) is 2.44. The van der Waals surface area contributed by atoms with Gasteiger partial charge in [-0.05, 0) is 17.7 Å². The molecule has 0 spiro atoms. The lowest BCUT2D eigenvalue weighted by molar-refractivity contribution is 0.0295. The molecular formula is C14H21NO2. The van der Waals surface area contributed by atoms with Gasteiger partial charge in [-0.2, -0.15) is 0 Å². The molecule has 1 aliphatic rings. The molecule has 1 heterocycles. The minimum absolute atomic E-state index is 0.102. The summed E-state index contributed by atoms with van der Waals surface area (Å²) in [5.74, 6) is 0.330. The Labute approximate surface area is 103 Å². The monoisotopic (exact) mass is 235 g/mol. The van der Waals surface area contributed by atoms with Crippen molar-refractivity contribution in [3.8, 4) is 5.75 Å². The topological polar surface area (TPSA) is 32.7 Å². The molecule has 0 amide bonds. The van der Waals surface area contributed by atoms with Gasteiger partial charge < -0.3 is 9.84 Å². The lowest BCUT2D eigenvalue weighted by atomic mass is 9.84. The summed E-state index contributed by atoms with van der Waals surface area (Å²) < 4.78 is 5.36. The van der Waals surface area contributed by atoms with Gasteiger partial charge in [0.2, 0.25) is 0 Å². The van der Waals surface area contributed by atoms with E-state index in [-0.39, 0.29) is 5.41 Å². The lowest BCUT2D eigenvalue weighted by Crippen LogP contribution is -2.43. The van der Waals surface area contributed by atoms with Gasteiger partial charge in [0, 0.05) is 25.0 Å². The van der Waals surface area contributed by atoms with E-state index in [0.717, 1.165) is 32.8 Å². The smallest absolute Gasteiger partial charge is 0.115 e. The van der Waals surface area contributed by atoms with Crippen LogP contribution < -0.4 is 0 Å². The van der Waals surface area contributed by atoms with Crippen molar-refractivity contribution in [2.75, 3.05) is 32.8 Å². The largest absolute Gasteiger partial charge is 0.508 e. The fourth-order valence-corrected chi connectivity index (χ4v) is 2.32. The van der Waals surface area contributed by atoms with E-state index in [4.69, 9.17) is 4.74 Å². The minimum atomic E-state index is 0.102. The number of ether oxygens (including phenoxy) is 1. The second kappa shape index (κ2) is 5.07. The predicted molar refractivity (Wildman–Crippen MR) is 68.4 cm³/mol. The van der Waals surface area contributed by atoms with E-state index in [1.54, 1.807) is 12.1 Å². The standard InChI is InChI=1S/C14H21NO2/c1-14(2,11-15-7-9-17-10-8-15)12-3-5-13(16)6-4-12/h3-6,16H,7-11H2,1-2H3. The molecule has 1 aromatic carbocycles. The van der Waals surface area contributed by atoms with Gasteiger partial charge in [-0.15, -0.1) is 0 Å². The molecule has 0 aromatic heterocycles. The Morgan fingerprint density at radius 2 is 1.76 bits per heavy atom. The van der Waals surface area contributed by atoms with Crippen LogP contribution in [-0.4, -0.2) is 42.9 Å². The van der Waals surface area contributed by atoms with Crippen molar-refractivity contribution in [3.63, 3.8) is 0 Å². The second-order valence-corrected chi connectivity index (χ2v) is 5.32.